The van der Waals surface area contributed by atoms with Crippen LogP contribution in [-0.2, 0) is 0 Å². The Balaban J connectivity index is 2.21. The minimum atomic E-state index is 0.238. The van der Waals surface area contributed by atoms with Crippen LogP contribution in [0.25, 0.3) is 0 Å². The van der Waals surface area contributed by atoms with Crippen LogP contribution in [0.5, 0.6) is 0 Å². The lowest BCUT2D eigenvalue weighted by molar-refractivity contribution is 0.296. The Labute approximate surface area is 107 Å². The first-order chi connectivity index (χ1) is 8.25. The van der Waals surface area contributed by atoms with Gasteiger partial charge in [-0.15, -0.1) is 0 Å². The molecule has 0 radical (unpaired) electrons. The third-order valence-electron chi connectivity index (χ3n) is 2.47. The molecule has 0 aliphatic heterocycles. The van der Waals surface area contributed by atoms with E-state index >= 15 is 0 Å². The summed E-state index contributed by atoms with van der Waals surface area (Å²) in [6.07, 6.45) is 4.33. The van der Waals surface area contributed by atoms with Gasteiger partial charge in [0.1, 0.15) is 0 Å². The van der Waals surface area contributed by atoms with Gasteiger partial charge in [0.15, 0.2) is 0 Å². The fraction of sp³-hybridized carbons (Fsp3) is 0.667. The van der Waals surface area contributed by atoms with Crippen molar-refractivity contribution in [2.24, 2.45) is 0 Å². The molecular weight excluding hydrogens is 234 g/mol. The molecule has 0 fully saturated rings. The van der Waals surface area contributed by atoms with Crippen molar-refractivity contribution in [3.05, 3.63) is 23.8 Å². The molecule has 0 bridgehead atoms. The lowest BCUT2D eigenvalue weighted by atomic mass is 10.2. The highest BCUT2D eigenvalue weighted by Gasteiger charge is 2.08. The summed E-state index contributed by atoms with van der Waals surface area (Å²) in [4.78, 5) is 8.58. The van der Waals surface area contributed by atoms with Crippen molar-refractivity contribution in [3.63, 3.8) is 0 Å². The second-order valence-corrected chi connectivity index (χ2v) is 5.12. The van der Waals surface area contributed by atoms with Crippen LogP contribution in [0.3, 0.4) is 0 Å². The molecule has 1 aromatic heterocycles. The normalized spacial score (nSPS) is 12.6. The summed E-state index contributed by atoms with van der Waals surface area (Å²) in [5.74, 6) is 2.08. The third kappa shape index (κ3) is 5.48. The first-order valence-electron chi connectivity index (χ1n) is 5.95. The largest absolute Gasteiger partial charge is 0.396 e. The highest BCUT2D eigenvalue weighted by atomic mass is 32.2. The van der Waals surface area contributed by atoms with Crippen molar-refractivity contribution in [1.82, 2.24) is 15.3 Å². The first-order valence-corrected chi connectivity index (χ1v) is 7.10. The van der Waals surface area contributed by atoms with E-state index in [0.717, 1.165) is 35.9 Å². The third-order valence-corrected chi connectivity index (χ3v) is 3.54. The number of nitrogens with zero attached hydrogens (tertiary/aromatic N) is 2. The molecule has 0 aliphatic rings. The highest BCUT2D eigenvalue weighted by molar-refractivity contribution is 7.99. The Morgan fingerprint density at radius 1 is 1.35 bits per heavy atom. The van der Waals surface area contributed by atoms with Gasteiger partial charge in [0.05, 0.1) is 11.4 Å². The molecule has 0 amide bonds. The standard InChI is InChI=1S/C12H21N3OS/c1-10-12(15-5-4-13-10)11(2)14-6-9-17-8-3-7-16/h4-5,11,14,16H,3,6-9H2,1-2H3. The molecule has 0 aliphatic carbocycles. The van der Waals surface area contributed by atoms with Gasteiger partial charge in [-0.1, -0.05) is 0 Å². The van der Waals surface area contributed by atoms with E-state index in [2.05, 4.69) is 22.2 Å². The van der Waals surface area contributed by atoms with Gasteiger partial charge in [0.25, 0.3) is 0 Å². The van der Waals surface area contributed by atoms with Crippen molar-refractivity contribution in [2.75, 3.05) is 24.7 Å². The monoisotopic (exact) mass is 255 g/mol. The van der Waals surface area contributed by atoms with Crippen LogP contribution in [-0.4, -0.2) is 39.7 Å². The summed E-state index contributed by atoms with van der Waals surface area (Å²) < 4.78 is 0. The van der Waals surface area contributed by atoms with Gasteiger partial charge in [-0.25, -0.2) is 0 Å². The van der Waals surface area contributed by atoms with E-state index in [-0.39, 0.29) is 12.6 Å². The SMILES string of the molecule is Cc1nccnc1C(C)NCCSCCCO. The van der Waals surface area contributed by atoms with Gasteiger partial charge >= 0.3 is 0 Å². The summed E-state index contributed by atoms with van der Waals surface area (Å²) in [6.45, 7) is 5.33. The Kier molecular flexibility index (Phi) is 7.16. The van der Waals surface area contributed by atoms with Crippen LogP contribution in [0.2, 0.25) is 0 Å². The minimum absolute atomic E-state index is 0.238. The van der Waals surface area contributed by atoms with Crippen molar-refractivity contribution >= 4 is 11.8 Å². The van der Waals surface area contributed by atoms with E-state index in [1.165, 1.54) is 0 Å². The first kappa shape index (κ1) is 14.4. The average Bonchev–Trinajstić information content (AvgIpc) is 2.34. The molecule has 96 valence electrons. The van der Waals surface area contributed by atoms with E-state index in [9.17, 15) is 0 Å². The van der Waals surface area contributed by atoms with E-state index in [1.54, 1.807) is 12.4 Å². The lowest BCUT2D eigenvalue weighted by Gasteiger charge is -2.14. The van der Waals surface area contributed by atoms with Crippen LogP contribution >= 0.6 is 11.8 Å². The number of aliphatic hydroxyl groups excluding tert-OH is 1. The summed E-state index contributed by atoms with van der Waals surface area (Å²) in [5.41, 5.74) is 2.01. The van der Waals surface area contributed by atoms with Crippen molar-refractivity contribution in [1.29, 1.82) is 0 Å². The van der Waals surface area contributed by atoms with Gasteiger partial charge in [-0.2, -0.15) is 11.8 Å². The van der Waals surface area contributed by atoms with Crippen molar-refractivity contribution in [3.8, 4) is 0 Å². The molecule has 1 atom stereocenters. The Bertz CT molecular complexity index is 322. The fourth-order valence-corrected chi connectivity index (χ4v) is 2.36. The second kappa shape index (κ2) is 8.44. The van der Waals surface area contributed by atoms with E-state index in [4.69, 9.17) is 5.11 Å². The van der Waals surface area contributed by atoms with Crippen LogP contribution in [0, 0.1) is 6.92 Å². The predicted octanol–water partition coefficient (Wildman–Crippen LogP) is 1.55. The number of aryl methyl sites for hydroxylation is 1. The zero-order chi connectivity index (χ0) is 12.5. The summed E-state index contributed by atoms with van der Waals surface area (Å²) in [7, 11) is 0. The molecule has 17 heavy (non-hydrogen) atoms. The van der Waals surface area contributed by atoms with E-state index < -0.39 is 0 Å². The molecular formula is C12H21N3OS. The van der Waals surface area contributed by atoms with Crippen molar-refractivity contribution < 1.29 is 5.11 Å². The summed E-state index contributed by atoms with van der Waals surface area (Å²) >= 11 is 1.86. The van der Waals surface area contributed by atoms with Gasteiger partial charge in [-0.05, 0) is 26.0 Å². The molecule has 4 nitrogen and oxygen atoms in total. The molecule has 1 heterocycles. The zero-order valence-electron chi connectivity index (χ0n) is 10.5. The number of nitrogens with one attached hydrogen (secondary N) is 1. The Morgan fingerprint density at radius 2 is 2.12 bits per heavy atom. The molecule has 0 aromatic carbocycles. The molecule has 1 aromatic rings. The Morgan fingerprint density at radius 3 is 2.82 bits per heavy atom. The quantitative estimate of drug-likeness (QED) is 0.690. The summed E-state index contributed by atoms with van der Waals surface area (Å²) in [5, 5.41) is 12.1. The average molecular weight is 255 g/mol. The Hall–Kier alpha value is -0.650. The van der Waals surface area contributed by atoms with Crippen LogP contribution in [0.15, 0.2) is 12.4 Å². The molecule has 0 saturated heterocycles. The molecule has 1 rings (SSSR count). The van der Waals surface area contributed by atoms with Gasteiger partial charge in [0.2, 0.25) is 0 Å². The van der Waals surface area contributed by atoms with Crippen LogP contribution in [0.4, 0.5) is 0 Å². The number of thioether (sulfide) groups is 1. The molecule has 5 heteroatoms. The number of hydrogen-bond acceptors (Lipinski definition) is 5. The van der Waals surface area contributed by atoms with E-state index in [1.807, 2.05) is 18.7 Å². The molecule has 0 spiro atoms. The van der Waals surface area contributed by atoms with Gasteiger partial charge < -0.3 is 10.4 Å². The zero-order valence-corrected chi connectivity index (χ0v) is 11.3. The smallest absolute Gasteiger partial charge is 0.0782 e. The minimum Gasteiger partial charge on any atom is -0.396 e. The predicted molar refractivity (Wildman–Crippen MR) is 72.2 cm³/mol. The maximum Gasteiger partial charge on any atom is 0.0782 e. The van der Waals surface area contributed by atoms with E-state index in [0.29, 0.717) is 0 Å². The second-order valence-electron chi connectivity index (χ2n) is 3.89. The van der Waals surface area contributed by atoms with Crippen molar-refractivity contribution in [2.45, 2.75) is 26.3 Å². The molecule has 2 N–H and O–H groups in total. The maximum absolute atomic E-state index is 8.65. The van der Waals surface area contributed by atoms with Gasteiger partial charge in [-0.3, -0.25) is 9.97 Å². The van der Waals surface area contributed by atoms with Crippen LogP contribution < -0.4 is 5.32 Å². The number of aromatic nitrogens is 2. The summed E-state index contributed by atoms with van der Waals surface area (Å²) in [6, 6.07) is 0.238. The topological polar surface area (TPSA) is 58.0 Å². The number of rotatable bonds is 8. The van der Waals surface area contributed by atoms with Gasteiger partial charge in [0, 0.05) is 37.3 Å². The maximum atomic E-state index is 8.65. The number of aliphatic hydroxyl groups is 1. The molecule has 0 saturated carbocycles. The highest BCUT2D eigenvalue weighted by Crippen LogP contribution is 2.11. The fourth-order valence-electron chi connectivity index (χ4n) is 1.56. The number of hydrogen-bond donors (Lipinski definition) is 2. The van der Waals surface area contributed by atoms with Crippen LogP contribution in [0.1, 0.15) is 30.8 Å². The molecule has 1 unspecified atom stereocenters. The lowest BCUT2D eigenvalue weighted by Crippen LogP contribution is -2.23.